The minimum Gasteiger partial charge on any atom is -0.324 e. The number of halogens is 1. The number of thioether (sulfide) groups is 1. The van der Waals surface area contributed by atoms with Crippen LogP contribution in [0.2, 0.25) is 0 Å². The summed E-state index contributed by atoms with van der Waals surface area (Å²) in [5, 5.41) is 4.79. The third-order valence-corrected chi connectivity index (χ3v) is 6.88. The zero-order valence-corrected chi connectivity index (χ0v) is 16.0. The molecule has 0 radical (unpaired) electrons. The van der Waals surface area contributed by atoms with Crippen LogP contribution in [0.1, 0.15) is 13.3 Å². The second-order valence-corrected chi connectivity index (χ2v) is 9.50. The summed E-state index contributed by atoms with van der Waals surface area (Å²) in [6.07, 6.45) is -0.314. The molecule has 0 saturated heterocycles. The highest BCUT2D eigenvalue weighted by molar-refractivity contribution is 8.01. The van der Waals surface area contributed by atoms with Gasteiger partial charge in [-0.25, -0.2) is 12.8 Å². The molecule has 0 spiro atoms. The number of carbonyl (C=O) groups is 2. The van der Waals surface area contributed by atoms with E-state index in [2.05, 4.69) is 10.6 Å². The second-order valence-electron chi connectivity index (χ2n) is 6.00. The lowest BCUT2D eigenvalue weighted by molar-refractivity contribution is -0.116. The van der Waals surface area contributed by atoms with Crippen molar-refractivity contribution in [1.82, 2.24) is 0 Å². The monoisotopic (exact) mass is 408 g/mol. The highest BCUT2D eigenvalue weighted by Crippen LogP contribution is 2.36. The van der Waals surface area contributed by atoms with Crippen molar-refractivity contribution < 1.29 is 22.4 Å². The number of rotatable bonds is 5. The molecular formula is C18H17FN2O4S2. The van der Waals surface area contributed by atoms with Gasteiger partial charge in [-0.3, -0.25) is 9.59 Å². The van der Waals surface area contributed by atoms with Gasteiger partial charge in [0.25, 0.3) is 0 Å². The van der Waals surface area contributed by atoms with Crippen LogP contribution in [0.15, 0.2) is 52.3 Å². The van der Waals surface area contributed by atoms with E-state index >= 15 is 0 Å². The van der Waals surface area contributed by atoms with E-state index in [0.717, 1.165) is 4.90 Å². The third-order valence-electron chi connectivity index (χ3n) is 3.99. The molecule has 1 unspecified atom stereocenters. The molecule has 2 aromatic rings. The van der Waals surface area contributed by atoms with E-state index in [0.29, 0.717) is 5.69 Å². The largest absolute Gasteiger partial charge is 0.324 e. The van der Waals surface area contributed by atoms with Gasteiger partial charge >= 0.3 is 0 Å². The Balaban J connectivity index is 1.68. The maximum atomic E-state index is 13.5. The molecule has 1 heterocycles. The summed E-state index contributed by atoms with van der Waals surface area (Å²) in [4.78, 5) is 24.5. The molecule has 2 amide bonds. The molecule has 0 aliphatic carbocycles. The van der Waals surface area contributed by atoms with E-state index in [1.165, 1.54) is 42.1 Å². The second kappa shape index (κ2) is 7.69. The standard InChI is InChI=1S/C18H17FN2O4S2/c1-11-18(23)21-15-10-12(6-7-16(15)26-11)27(24,25)9-8-17(22)20-14-5-3-2-4-13(14)19/h2-7,10-11H,8-9H2,1H3,(H,20,22)(H,21,23). The van der Waals surface area contributed by atoms with E-state index < -0.39 is 27.3 Å². The SMILES string of the molecule is CC1Sc2ccc(S(=O)(=O)CCC(=O)Nc3ccccc3F)cc2NC1=O. The van der Waals surface area contributed by atoms with E-state index in [1.807, 2.05) is 0 Å². The van der Waals surface area contributed by atoms with Crippen LogP contribution in [0.5, 0.6) is 0 Å². The summed E-state index contributed by atoms with van der Waals surface area (Å²) in [6, 6.07) is 10.1. The van der Waals surface area contributed by atoms with E-state index in [9.17, 15) is 22.4 Å². The lowest BCUT2D eigenvalue weighted by Crippen LogP contribution is -2.26. The molecule has 27 heavy (non-hydrogen) atoms. The number of anilines is 2. The van der Waals surface area contributed by atoms with Crippen molar-refractivity contribution in [2.24, 2.45) is 0 Å². The average molecular weight is 408 g/mol. The average Bonchev–Trinajstić information content (AvgIpc) is 2.62. The van der Waals surface area contributed by atoms with Crippen LogP contribution in [0.25, 0.3) is 0 Å². The predicted octanol–water partition coefficient (Wildman–Crippen LogP) is 3.06. The molecular weight excluding hydrogens is 391 g/mol. The maximum absolute atomic E-state index is 13.5. The zero-order valence-electron chi connectivity index (χ0n) is 14.4. The van der Waals surface area contributed by atoms with Crippen molar-refractivity contribution in [2.75, 3.05) is 16.4 Å². The number of sulfone groups is 1. The maximum Gasteiger partial charge on any atom is 0.237 e. The van der Waals surface area contributed by atoms with Gasteiger partial charge in [0.2, 0.25) is 11.8 Å². The minimum atomic E-state index is -3.74. The Hall–Kier alpha value is -2.39. The molecule has 2 N–H and O–H groups in total. The Morgan fingerprint density at radius 3 is 2.74 bits per heavy atom. The summed E-state index contributed by atoms with van der Waals surface area (Å²) in [7, 11) is -3.74. The number of benzene rings is 2. The van der Waals surface area contributed by atoms with Crippen molar-refractivity contribution in [1.29, 1.82) is 0 Å². The number of hydrogen-bond donors (Lipinski definition) is 2. The van der Waals surface area contributed by atoms with Gasteiger partial charge in [0.15, 0.2) is 9.84 Å². The quantitative estimate of drug-likeness (QED) is 0.793. The van der Waals surface area contributed by atoms with Crippen molar-refractivity contribution in [3.05, 3.63) is 48.3 Å². The first kappa shape index (κ1) is 19.4. The lowest BCUT2D eigenvalue weighted by Gasteiger charge is -2.21. The molecule has 9 heteroatoms. The Bertz CT molecular complexity index is 1010. The van der Waals surface area contributed by atoms with Gasteiger partial charge in [-0.2, -0.15) is 0 Å². The van der Waals surface area contributed by atoms with Crippen LogP contribution in [0.3, 0.4) is 0 Å². The molecule has 142 valence electrons. The number of amides is 2. The fraction of sp³-hybridized carbons (Fsp3) is 0.222. The van der Waals surface area contributed by atoms with Crippen LogP contribution in [0.4, 0.5) is 15.8 Å². The van der Waals surface area contributed by atoms with E-state index in [4.69, 9.17) is 0 Å². The van der Waals surface area contributed by atoms with Crippen molar-refractivity contribution in [3.63, 3.8) is 0 Å². The summed E-state index contributed by atoms with van der Waals surface area (Å²) >= 11 is 1.35. The van der Waals surface area contributed by atoms with Crippen LogP contribution >= 0.6 is 11.8 Å². The van der Waals surface area contributed by atoms with Gasteiger partial charge in [0.05, 0.1) is 27.3 Å². The van der Waals surface area contributed by atoms with Gasteiger partial charge in [0.1, 0.15) is 5.82 Å². The minimum absolute atomic E-state index is 0.00235. The number of para-hydroxylation sites is 1. The molecule has 1 atom stereocenters. The summed E-state index contributed by atoms with van der Waals surface area (Å²) in [5.74, 6) is -1.81. The van der Waals surface area contributed by atoms with Gasteiger partial charge in [-0.1, -0.05) is 12.1 Å². The lowest BCUT2D eigenvalue weighted by atomic mass is 10.3. The Labute approximate surface area is 160 Å². The van der Waals surface area contributed by atoms with Crippen molar-refractivity contribution >= 4 is 44.8 Å². The summed E-state index contributed by atoms with van der Waals surface area (Å²) < 4.78 is 38.6. The summed E-state index contributed by atoms with van der Waals surface area (Å²) in [6.45, 7) is 1.77. The molecule has 1 aliphatic heterocycles. The van der Waals surface area contributed by atoms with E-state index in [-0.39, 0.29) is 28.2 Å². The van der Waals surface area contributed by atoms with Crippen LogP contribution in [-0.4, -0.2) is 31.2 Å². The van der Waals surface area contributed by atoms with Gasteiger partial charge in [-0.05, 0) is 37.3 Å². The van der Waals surface area contributed by atoms with Gasteiger partial charge in [0, 0.05) is 11.3 Å². The first-order chi connectivity index (χ1) is 12.8. The van der Waals surface area contributed by atoms with Crippen molar-refractivity contribution in [3.8, 4) is 0 Å². The zero-order chi connectivity index (χ0) is 19.6. The molecule has 2 aromatic carbocycles. The summed E-state index contributed by atoms with van der Waals surface area (Å²) in [5.41, 5.74) is 0.447. The first-order valence-electron chi connectivity index (χ1n) is 8.15. The highest BCUT2D eigenvalue weighted by atomic mass is 32.2. The molecule has 0 bridgehead atoms. The Morgan fingerprint density at radius 2 is 2.00 bits per heavy atom. The molecule has 0 saturated carbocycles. The topological polar surface area (TPSA) is 92.3 Å². The molecule has 3 rings (SSSR count). The first-order valence-corrected chi connectivity index (χ1v) is 10.7. The number of carbonyl (C=O) groups excluding carboxylic acids is 2. The highest BCUT2D eigenvalue weighted by Gasteiger charge is 2.25. The van der Waals surface area contributed by atoms with Crippen LogP contribution in [-0.2, 0) is 19.4 Å². The fourth-order valence-corrected chi connectivity index (χ4v) is 4.69. The number of fused-ring (bicyclic) bond motifs is 1. The van der Waals surface area contributed by atoms with Gasteiger partial charge in [-0.15, -0.1) is 11.8 Å². The number of nitrogens with one attached hydrogen (secondary N) is 2. The Morgan fingerprint density at radius 1 is 1.26 bits per heavy atom. The van der Waals surface area contributed by atoms with Crippen molar-refractivity contribution in [2.45, 2.75) is 28.4 Å². The molecule has 6 nitrogen and oxygen atoms in total. The molecule has 1 aliphatic rings. The number of hydrogen-bond acceptors (Lipinski definition) is 5. The van der Waals surface area contributed by atoms with Crippen LogP contribution < -0.4 is 10.6 Å². The smallest absolute Gasteiger partial charge is 0.237 e. The fourth-order valence-electron chi connectivity index (χ4n) is 2.50. The third kappa shape index (κ3) is 4.48. The predicted molar refractivity (Wildman–Crippen MR) is 102 cm³/mol. The molecule has 0 fully saturated rings. The van der Waals surface area contributed by atoms with Gasteiger partial charge < -0.3 is 10.6 Å². The van der Waals surface area contributed by atoms with Crippen LogP contribution in [0, 0.1) is 5.82 Å². The van der Waals surface area contributed by atoms with E-state index in [1.54, 1.807) is 19.1 Å². The molecule has 0 aromatic heterocycles. The Kier molecular flexibility index (Phi) is 5.52. The normalized spacial score (nSPS) is 16.4.